The Kier molecular flexibility index (Phi) is 6.46. The van der Waals surface area contributed by atoms with Crippen LogP contribution < -0.4 is 15.5 Å². The molecular weight excluding hydrogens is 380 g/mol. The van der Waals surface area contributed by atoms with Gasteiger partial charge in [-0.15, -0.1) is 11.3 Å². The number of piperidine rings is 1. The molecular formula is C22H28N6S. The van der Waals surface area contributed by atoms with Gasteiger partial charge in [0.1, 0.15) is 0 Å². The van der Waals surface area contributed by atoms with Crippen molar-refractivity contribution in [1.29, 1.82) is 0 Å². The van der Waals surface area contributed by atoms with Crippen LogP contribution in [0, 0.1) is 0 Å². The van der Waals surface area contributed by atoms with Crippen LogP contribution in [0.4, 0.5) is 5.00 Å². The molecule has 4 rings (SSSR count). The Bertz CT molecular complexity index is 895. The summed E-state index contributed by atoms with van der Waals surface area (Å²) in [5.41, 5.74) is 2.29. The molecule has 0 unspecified atom stereocenters. The van der Waals surface area contributed by atoms with E-state index in [2.05, 4.69) is 61.5 Å². The van der Waals surface area contributed by atoms with Crippen LogP contribution in [0.5, 0.6) is 0 Å². The van der Waals surface area contributed by atoms with Gasteiger partial charge >= 0.3 is 0 Å². The van der Waals surface area contributed by atoms with Crippen LogP contribution in [0.2, 0.25) is 0 Å². The maximum absolute atomic E-state index is 4.47. The number of para-hydroxylation sites is 1. The Balaban J connectivity index is 1.21. The second-order valence-corrected chi connectivity index (χ2v) is 8.16. The minimum absolute atomic E-state index is 0.471. The molecule has 7 heteroatoms. The predicted molar refractivity (Wildman–Crippen MR) is 121 cm³/mol. The first-order chi connectivity index (χ1) is 14.3. The van der Waals surface area contributed by atoms with Crippen molar-refractivity contribution >= 4 is 22.3 Å². The van der Waals surface area contributed by atoms with Gasteiger partial charge in [0.2, 0.25) is 0 Å². The fourth-order valence-electron chi connectivity index (χ4n) is 3.62. The van der Waals surface area contributed by atoms with Crippen molar-refractivity contribution in [3.63, 3.8) is 0 Å². The number of thiophene rings is 1. The first-order valence-corrected chi connectivity index (χ1v) is 11.0. The maximum atomic E-state index is 4.47. The van der Waals surface area contributed by atoms with Gasteiger partial charge in [0, 0.05) is 38.9 Å². The number of hydrogen-bond acceptors (Lipinski definition) is 4. The summed E-state index contributed by atoms with van der Waals surface area (Å²) in [6.07, 6.45) is 7.19. The van der Waals surface area contributed by atoms with Crippen LogP contribution in [0.15, 0.2) is 65.2 Å². The summed E-state index contributed by atoms with van der Waals surface area (Å²) in [7, 11) is 1.84. The van der Waals surface area contributed by atoms with E-state index in [-0.39, 0.29) is 0 Å². The molecule has 0 spiro atoms. The molecule has 2 N–H and O–H groups in total. The van der Waals surface area contributed by atoms with E-state index < -0.39 is 0 Å². The van der Waals surface area contributed by atoms with Gasteiger partial charge in [-0.2, -0.15) is 5.10 Å². The zero-order chi connectivity index (χ0) is 19.9. The molecule has 0 saturated carbocycles. The lowest BCUT2D eigenvalue weighted by Gasteiger charge is -2.33. The highest BCUT2D eigenvalue weighted by molar-refractivity contribution is 7.14. The van der Waals surface area contributed by atoms with Gasteiger partial charge in [-0.05, 0) is 54.5 Å². The molecule has 2 aromatic heterocycles. The fraction of sp³-hybridized carbons (Fsp3) is 0.364. The number of aromatic nitrogens is 2. The topological polar surface area (TPSA) is 57.5 Å². The minimum atomic E-state index is 0.471. The number of benzene rings is 1. The summed E-state index contributed by atoms with van der Waals surface area (Å²) < 4.78 is 1.92. The molecule has 0 aliphatic carbocycles. The summed E-state index contributed by atoms with van der Waals surface area (Å²) in [4.78, 5) is 6.87. The lowest BCUT2D eigenvalue weighted by Crippen LogP contribution is -2.49. The molecule has 3 heterocycles. The van der Waals surface area contributed by atoms with Crippen molar-refractivity contribution in [2.45, 2.75) is 25.3 Å². The first-order valence-electron chi connectivity index (χ1n) is 10.2. The van der Waals surface area contributed by atoms with Crippen molar-refractivity contribution in [2.24, 2.45) is 4.99 Å². The second kappa shape index (κ2) is 9.60. The average molecular weight is 409 g/mol. The monoisotopic (exact) mass is 408 g/mol. The Hall–Kier alpha value is -2.80. The summed E-state index contributed by atoms with van der Waals surface area (Å²) in [5, 5.41) is 15.0. The lowest BCUT2D eigenvalue weighted by atomic mass is 10.1. The van der Waals surface area contributed by atoms with Crippen molar-refractivity contribution in [2.75, 3.05) is 31.6 Å². The summed E-state index contributed by atoms with van der Waals surface area (Å²) in [5.74, 6) is 0.884. The van der Waals surface area contributed by atoms with Gasteiger partial charge in [0.25, 0.3) is 0 Å². The molecule has 1 aliphatic heterocycles. The minimum Gasteiger partial charge on any atom is -0.363 e. The Morgan fingerprint density at radius 1 is 1.17 bits per heavy atom. The van der Waals surface area contributed by atoms with Crippen LogP contribution in [-0.4, -0.2) is 48.5 Å². The van der Waals surface area contributed by atoms with E-state index in [1.165, 1.54) is 10.6 Å². The second-order valence-electron chi connectivity index (χ2n) is 7.23. The SMILES string of the molecule is CN=C(NCCc1cnn(-c2ccccc2)c1)NC1CCN(c2cccs2)CC1. The Morgan fingerprint density at radius 2 is 2.00 bits per heavy atom. The normalized spacial score (nSPS) is 15.5. The third-order valence-electron chi connectivity index (χ3n) is 5.24. The highest BCUT2D eigenvalue weighted by Gasteiger charge is 2.20. The van der Waals surface area contributed by atoms with Crippen molar-refractivity contribution in [1.82, 2.24) is 20.4 Å². The Morgan fingerprint density at radius 3 is 2.72 bits per heavy atom. The molecule has 0 radical (unpaired) electrons. The molecule has 1 aliphatic rings. The van der Waals surface area contributed by atoms with Crippen LogP contribution in [0.1, 0.15) is 18.4 Å². The quantitative estimate of drug-likeness (QED) is 0.485. The van der Waals surface area contributed by atoms with E-state index in [1.54, 1.807) is 0 Å². The number of rotatable bonds is 6. The molecule has 0 atom stereocenters. The van der Waals surface area contributed by atoms with E-state index in [9.17, 15) is 0 Å². The third-order valence-corrected chi connectivity index (χ3v) is 6.17. The number of nitrogens with one attached hydrogen (secondary N) is 2. The molecule has 1 fully saturated rings. The zero-order valence-electron chi connectivity index (χ0n) is 16.8. The van der Waals surface area contributed by atoms with E-state index in [0.717, 1.165) is 50.5 Å². The van der Waals surface area contributed by atoms with Gasteiger partial charge in [-0.1, -0.05) is 18.2 Å². The number of aliphatic imine (C=N–C) groups is 1. The largest absolute Gasteiger partial charge is 0.363 e. The molecule has 6 nitrogen and oxygen atoms in total. The third kappa shape index (κ3) is 5.17. The fourth-order valence-corrected chi connectivity index (χ4v) is 4.40. The summed E-state index contributed by atoms with van der Waals surface area (Å²) in [6, 6.07) is 15.0. The van der Waals surface area contributed by atoms with E-state index >= 15 is 0 Å². The number of hydrogen-bond donors (Lipinski definition) is 2. The molecule has 29 heavy (non-hydrogen) atoms. The molecule has 152 valence electrons. The van der Waals surface area contributed by atoms with Crippen molar-refractivity contribution in [3.8, 4) is 5.69 Å². The van der Waals surface area contributed by atoms with Crippen LogP contribution in [-0.2, 0) is 6.42 Å². The summed E-state index contributed by atoms with van der Waals surface area (Å²) >= 11 is 1.82. The maximum Gasteiger partial charge on any atom is 0.191 e. The average Bonchev–Trinajstić information content (AvgIpc) is 3.47. The molecule has 0 amide bonds. The number of guanidine groups is 1. The van der Waals surface area contributed by atoms with Gasteiger partial charge in [0.15, 0.2) is 5.96 Å². The lowest BCUT2D eigenvalue weighted by molar-refractivity contribution is 0.463. The smallest absolute Gasteiger partial charge is 0.191 e. The van der Waals surface area contributed by atoms with E-state index in [0.29, 0.717) is 6.04 Å². The van der Waals surface area contributed by atoms with Crippen LogP contribution in [0.3, 0.4) is 0 Å². The van der Waals surface area contributed by atoms with Gasteiger partial charge in [-0.3, -0.25) is 4.99 Å². The van der Waals surface area contributed by atoms with E-state index in [4.69, 9.17) is 0 Å². The highest BCUT2D eigenvalue weighted by Crippen LogP contribution is 2.24. The predicted octanol–water partition coefficient (Wildman–Crippen LogP) is 3.31. The highest BCUT2D eigenvalue weighted by atomic mass is 32.1. The zero-order valence-corrected chi connectivity index (χ0v) is 17.6. The first kappa shape index (κ1) is 19.5. The van der Waals surface area contributed by atoms with E-state index in [1.807, 2.05) is 47.5 Å². The van der Waals surface area contributed by atoms with Crippen molar-refractivity contribution in [3.05, 3.63) is 65.8 Å². The molecule has 1 saturated heterocycles. The molecule has 3 aromatic rings. The van der Waals surface area contributed by atoms with Crippen LogP contribution in [0.25, 0.3) is 5.69 Å². The van der Waals surface area contributed by atoms with Crippen LogP contribution >= 0.6 is 11.3 Å². The Labute approximate surface area is 176 Å². The number of anilines is 1. The van der Waals surface area contributed by atoms with Gasteiger partial charge in [0.05, 0.1) is 16.9 Å². The molecule has 1 aromatic carbocycles. The van der Waals surface area contributed by atoms with Crippen molar-refractivity contribution < 1.29 is 0 Å². The molecule has 0 bridgehead atoms. The standard InChI is InChI=1S/C22H28N6S/c1-23-22(26-19-10-13-27(14-11-19)21-8-5-15-29-21)24-12-9-18-16-25-28(17-18)20-6-3-2-4-7-20/h2-8,15-17,19H,9-14H2,1H3,(H2,23,24,26). The number of nitrogens with zero attached hydrogens (tertiary/aromatic N) is 4. The summed E-state index contributed by atoms with van der Waals surface area (Å²) in [6.45, 7) is 3.01. The van der Waals surface area contributed by atoms with Gasteiger partial charge in [-0.25, -0.2) is 4.68 Å². The van der Waals surface area contributed by atoms with Gasteiger partial charge < -0.3 is 15.5 Å².